The van der Waals surface area contributed by atoms with Crippen molar-refractivity contribution in [3.63, 3.8) is 0 Å². The van der Waals surface area contributed by atoms with Crippen LogP contribution >= 0.6 is 0 Å². The van der Waals surface area contributed by atoms with Gasteiger partial charge in [0.1, 0.15) is 12.1 Å². The van der Waals surface area contributed by atoms with Crippen LogP contribution in [0.4, 0.5) is 5.82 Å². The fraction of sp³-hybridized carbons (Fsp3) is 0.609. The molecular weight excluding hydrogens is 362 g/mol. The molecular formula is C23H31N5O. The van der Waals surface area contributed by atoms with Crippen LogP contribution in [0.1, 0.15) is 44.9 Å². The van der Waals surface area contributed by atoms with Gasteiger partial charge in [-0.1, -0.05) is 0 Å². The van der Waals surface area contributed by atoms with Crippen LogP contribution in [-0.2, 0) is 0 Å². The first-order valence-corrected chi connectivity index (χ1v) is 11.1. The van der Waals surface area contributed by atoms with E-state index in [9.17, 15) is 5.11 Å². The van der Waals surface area contributed by atoms with E-state index in [4.69, 9.17) is 4.98 Å². The largest absolute Gasteiger partial charge is 0.393 e. The number of piperidine rings is 1. The molecule has 29 heavy (non-hydrogen) atoms. The van der Waals surface area contributed by atoms with Gasteiger partial charge in [0, 0.05) is 60.8 Å². The Balaban J connectivity index is 1.25. The standard InChI is InChI=1S/C23H31N5O/c29-21-5-3-20(4-6-21)27-11-9-23(15-27)8-1-10-28(16-23)22-7-2-18(14-26-22)19-12-24-17-25-13-19/h2,7,12-14,17,20-21,29H,1,3-6,8-11,15-16H2/t20?,21?,23-/m1/s1. The molecule has 2 aliphatic heterocycles. The summed E-state index contributed by atoms with van der Waals surface area (Å²) in [6.07, 6.45) is 15.2. The Kier molecular flexibility index (Phi) is 5.22. The van der Waals surface area contributed by atoms with E-state index in [1.807, 2.05) is 18.6 Å². The van der Waals surface area contributed by atoms with Gasteiger partial charge < -0.3 is 10.0 Å². The van der Waals surface area contributed by atoms with Crippen molar-refractivity contribution in [3.05, 3.63) is 37.1 Å². The van der Waals surface area contributed by atoms with E-state index in [1.54, 1.807) is 6.33 Å². The van der Waals surface area contributed by atoms with Crippen molar-refractivity contribution in [1.29, 1.82) is 0 Å². The van der Waals surface area contributed by atoms with Gasteiger partial charge in [-0.05, 0) is 63.6 Å². The highest BCUT2D eigenvalue weighted by Crippen LogP contribution is 2.42. The minimum absolute atomic E-state index is 0.0653. The van der Waals surface area contributed by atoms with Crippen molar-refractivity contribution in [2.75, 3.05) is 31.1 Å². The van der Waals surface area contributed by atoms with E-state index in [2.05, 4.69) is 31.9 Å². The van der Waals surface area contributed by atoms with Crippen molar-refractivity contribution in [1.82, 2.24) is 19.9 Å². The third kappa shape index (κ3) is 4.01. The first-order valence-electron chi connectivity index (χ1n) is 11.1. The van der Waals surface area contributed by atoms with Crippen molar-refractivity contribution in [2.45, 2.75) is 57.1 Å². The third-order valence-electron chi connectivity index (χ3n) is 7.28. The average Bonchev–Trinajstić information content (AvgIpc) is 3.18. The highest BCUT2D eigenvalue weighted by molar-refractivity contribution is 5.62. The summed E-state index contributed by atoms with van der Waals surface area (Å²) in [5.74, 6) is 1.09. The molecule has 1 spiro atoms. The summed E-state index contributed by atoms with van der Waals surface area (Å²) < 4.78 is 0. The Bertz CT molecular complexity index is 806. The number of aliphatic hydroxyl groups excluding tert-OH is 1. The predicted octanol–water partition coefficient (Wildman–Crippen LogP) is 3.13. The Labute approximate surface area is 173 Å². The molecule has 2 aromatic heterocycles. The van der Waals surface area contributed by atoms with Crippen LogP contribution in [0.5, 0.6) is 0 Å². The van der Waals surface area contributed by atoms with Gasteiger partial charge in [-0.25, -0.2) is 15.0 Å². The zero-order valence-electron chi connectivity index (χ0n) is 17.1. The number of anilines is 1. The van der Waals surface area contributed by atoms with Crippen LogP contribution in [0.2, 0.25) is 0 Å². The van der Waals surface area contributed by atoms with Crippen LogP contribution in [0, 0.1) is 5.41 Å². The van der Waals surface area contributed by atoms with Gasteiger partial charge >= 0.3 is 0 Å². The second-order valence-electron chi connectivity index (χ2n) is 9.24. The fourth-order valence-electron chi connectivity index (χ4n) is 5.63. The third-order valence-corrected chi connectivity index (χ3v) is 7.28. The van der Waals surface area contributed by atoms with E-state index in [-0.39, 0.29) is 6.10 Å². The SMILES string of the molecule is OC1CCC(N2CC[C@]3(CCCN(c4ccc(-c5cncnc5)cn4)C3)C2)CC1. The van der Waals surface area contributed by atoms with E-state index >= 15 is 0 Å². The molecule has 1 saturated carbocycles. The highest BCUT2D eigenvalue weighted by Gasteiger charge is 2.43. The molecule has 2 aromatic rings. The predicted molar refractivity (Wildman–Crippen MR) is 114 cm³/mol. The quantitative estimate of drug-likeness (QED) is 0.864. The summed E-state index contributed by atoms with van der Waals surface area (Å²) in [5, 5.41) is 9.83. The number of rotatable bonds is 3. The molecule has 0 unspecified atom stereocenters. The molecule has 5 rings (SSSR count). The lowest BCUT2D eigenvalue weighted by Crippen LogP contribution is -2.46. The summed E-state index contributed by atoms with van der Waals surface area (Å²) in [4.78, 5) is 18.2. The summed E-state index contributed by atoms with van der Waals surface area (Å²) in [6.45, 7) is 4.64. The zero-order valence-corrected chi connectivity index (χ0v) is 17.1. The van der Waals surface area contributed by atoms with Gasteiger partial charge in [-0.15, -0.1) is 0 Å². The van der Waals surface area contributed by atoms with Crippen LogP contribution in [0.15, 0.2) is 37.1 Å². The molecule has 1 aliphatic carbocycles. The van der Waals surface area contributed by atoms with Crippen molar-refractivity contribution in [2.24, 2.45) is 5.41 Å². The van der Waals surface area contributed by atoms with Gasteiger partial charge in [0.05, 0.1) is 6.10 Å². The van der Waals surface area contributed by atoms with Crippen LogP contribution in [-0.4, -0.2) is 63.3 Å². The second kappa shape index (κ2) is 8.00. The number of aromatic nitrogens is 3. The lowest BCUT2D eigenvalue weighted by atomic mass is 9.79. The number of hydrogen-bond acceptors (Lipinski definition) is 6. The maximum absolute atomic E-state index is 9.83. The smallest absolute Gasteiger partial charge is 0.128 e. The highest BCUT2D eigenvalue weighted by atomic mass is 16.3. The molecule has 4 heterocycles. The lowest BCUT2D eigenvalue weighted by Gasteiger charge is -2.42. The van der Waals surface area contributed by atoms with Crippen LogP contribution < -0.4 is 4.90 Å². The van der Waals surface area contributed by atoms with Crippen molar-refractivity contribution in [3.8, 4) is 11.1 Å². The number of aliphatic hydroxyl groups is 1. The molecule has 1 N–H and O–H groups in total. The first kappa shape index (κ1) is 18.9. The van der Waals surface area contributed by atoms with Crippen molar-refractivity contribution >= 4 is 5.82 Å². The average molecular weight is 394 g/mol. The first-order chi connectivity index (χ1) is 14.2. The molecule has 6 nitrogen and oxygen atoms in total. The maximum atomic E-state index is 9.83. The maximum Gasteiger partial charge on any atom is 0.128 e. The lowest BCUT2D eigenvalue weighted by molar-refractivity contribution is 0.0770. The molecule has 3 fully saturated rings. The molecule has 2 saturated heterocycles. The van der Waals surface area contributed by atoms with E-state index in [0.29, 0.717) is 11.5 Å². The molecule has 6 heteroatoms. The monoisotopic (exact) mass is 393 g/mol. The number of pyridine rings is 1. The summed E-state index contributed by atoms with van der Waals surface area (Å²) in [5.41, 5.74) is 2.47. The molecule has 0 aromatic carbocycles. The molecule has 1 atom stereocenters. The van der Waals surface area contributed by atoms with E-state index in [1.165, 1.54) is 32.4 Å². The van der Waals surface area contributed by atoms with Crippen LogP contribution in [0.3, 0.4) is 0 Å². The Hall–Kier alpha value is -2.05. The number of hydrogen-bond donors (Lipinski definition) is 1. The van der Waals surface area contributed by atoms with Crippen LogP contribution in [0.25, 0.3) is 11.1 Å². The van der Waals surface area contributed by atoms with Gasteiger partial charge in [-0.3, -0.25) is 4.90 Å². The van der Waals surface area contributed by atoms with Gasteiger partial charge in [0.25, 0.3) is 0 Å². The number of nitrogens with zero attached hydrogens (tertiary/aromatic N) is 5. The molecule has 0 amide bonds. The Morgan fingerprint density at radius 2 is 1.72 bits per heavy atom. The molecule has 3 aliphatic rings. The molecule has 154 valence electrons. The Morgan fingerprint density at radius 1 is 0.897 bits per heavy atom. The summed E-state index contributed by atoms with van der Waals surface area (Å²) in [7, 11) is 0. The Morgan fingerprint density at radius 3 is 2.48 bits per heavy atom. The molecule has 0 bridgehead atoms. The van der Waals surface area contributed by atoms with Gasteiger partial charge in [0.15, 0.2) is 0 Å². The minimum atomic E-state index is -0.0653. The normalized spacial score (nSPS) is 30.7. The van der Waals surface area contributed by atoms with Gasteiger partial charge in [-0.2, -0.15) is 0 Å². The summed E-state index contributed by atoms with van der Waals surface area (Å²) >= 11 is 0. The fourth-order valence-corrected chi connectivity index (χ4v) is 5.63. The topological polar surface area (TPSA) is 65.4 Å². The summed E-state index contributed by atoms with van der Waals surface area (Å²) in [6, 6.07) is 4.96. The van der Waals surface area contributed by atoms with Crippen molar-refractivity contribution < 1.29 is 5.11 Å². The minimum Gasteiger partial charge on any atom is -0.393 e. The van der Waals surface area contributed by atoms with E-state index in [0.717, 1.165) is 55.7 Å². The van der Waals surface area contributed by atoms with Gasteiger partial charge in [0.2, 0.25) is 0 Å². The zero-order chi connectivity index (χ0) is 19.7. The second-order valence-corrected chi connectivity index (χ2v) is 9.24. The molecule has 0 radical (unpaired) electrons. The number of likely N-dealkylation sites (tertiary alicyclic amines) is 1. The van der Waals surface area contributed by atoms with E-state index < -0.39 is 0 Å².